The largest absolute Gasteiger partial charge is 0.487 e. The van der Waals surface area contributed by atoms with Gasteiger partial charge in [-0.25, -0.2) is 8.78 Å². The van der Waals surface area contributed by atoms with Crippen LogP contribution in [0.2, 0.25) is 5.02 Å². The van der Waals surface area contributed by atoms with E-state index >= 15 is 0 Å². The molecule has 0 spiro atoms. The van der Waals surface area contributed by atoms with E-state index in [0.29, 0.717) is 12.1 Å². The van der Waals surface area contributed by atoms with Crippen molar-refractivity contribution in [1.82, 2.24) is 4.57 Å². The average molecular weight is 531 g/mol. The molecular weight excluding hydrogens is 515 g/mol. The topological polar surface area (TPSA) is 55.0 Å². The zero-order valence-corrected chi connectivity index (χ0v) is 19.6. The second-order valence-corrected chi connectivity index (χ2v) is 8.38. The molecule has 0 saturated heterocycles. The van der Waals surface area contributed by atoms with Crippen LogP contribution < -0.4 is 10.3 Å². The minimum atomic E-state index is -5.01. The molecule has 0 unspecified atom stereocenters. The predicted molar refractivity (Wildman–Crippen MR) is 127 cm³/mol. The van der Waals surface area contributed by atoms with Gasteiger partial charge in [0.25, 0.3) is 5.56 Å². The van der Waals surface area contributed by atoms with E-state index in [0.717, 1.165) is 22.3 Å². The molecule has 0 fully saturated rings. The molecule has 37 heavy (non-hydrogen) atoms. The Kier molecular flexibility index (Phi) is 7.32. The molecule has 1 aromatic heterocycles. The highest BCUT2D eigenvalue weighted by Gasteiger charge is 2.36. The van der Waals surface area contributed by atoms with E-state index in [2.05, 4.69) is 0 Å². The summed E-state index contributed by atoms with van der Waals surface area (Å²) < 4.78 is 75.4. The van der Waals surface area contributed by atoms with Gasteiger partial charge in [0.1, 0.15) is 35.6 Å². The van der Waals surface area contributed by atoms with Crippen LogP contribution in [-0.2, 0) is 19.3 Å². The van der Waals surface area contributed by atoms with E-state index in [9.17, 15) is 32.0 Å². The van der Waals surface area contributed by atoms with Gasteiger partial charge in [0, 0.05) is 17.2 Å². The number of nitrogens with zero attached hydrogens (tertiary/aromatic N) is 2. The van der Waals surface area contributed by atoms with E-state index in [-0.39, 0.29) is 34.2 Å². The maximum absolute atomic E-state index is 14.4. The van der Waals surface area contributed by atoms with Gasteiger partial charge in [-0.2, -0.15) is 18.4 Å². The van der Waals surface area contributed by atoms with Gasteiger partial charge in [0.05, 0.1) is 22.8 Å². The Morgan fingerprint density at radius 1 is 0.973 bits per heavy atom. The highest BCUT2D eigenvalue weighted by atomic mass is 35.5. The Morgan fingerprint density at radius 2 is 1.70 bits per heavy atom. The molecule has 0 amide bonds. The molecule has 0 N–H and O–H groups in total. The number of ether oxygens (including phenoxy) is 1. The summed E-state index contributed by atoms with van der Waals surface area (Å²) in [5.74, 6) is -1.62. The molecule has 0 bridgehead atoms. The molecule has 0 aliphatic rings. The number of hydrogen-bond acceptors (Lipinski definition) is 3. The minimum absolute atomic E-state index is 0.0540. The Hall–Kier alpha value is -4.16. The lowest BCUT2D eigenvalue weighted by molar-refractivity contribution is -0.137. The number of halogens is 6. The quantitative estimate of drug-likeness (QED) is 0.253. The number of alkyl halides is 3. The molecule has 0 aliphatic heterocycles. The van der Waals surface area contributed by atoms with Gasteiger partial charge in [-0.15, -0.1) is 0 Å². The van der Waals surface area contributed by atoms with Gasteiger partial charge in [-0.1, -0.05) is 48.0 Å². The Labute approximate surface area is 212 Å². The average Bonchev–Trinajstić information content (AvgIpc) is 2.85. The fraction of sp³-hybridized carbons (Fsp3) is 0.111. The van der Waals surface area contributed by atoms with Gasteiger partial charge in [-0.3, -0.25) is 4.79 Å². The van der Waals surface area contributed by atoms with Crippen LogP contribution >= 0.6 is 11.6 Å². The van der Waals surface area contributed by atoms with Crippen LogP contribution in [0.3, 0.4) is 0 Å². The maximum Gasteiger partial charge on any atom is 0.417 e. The Bertz CT molecular complexity index is 1560. The first-order valence-corrected chi connectivity index (χ1v) is 11.1. The molecule has 0 aliphatic carbocycles. The lowest BCUT2D eigenvalue weighted by Crippen LogP contribution is -2.29. The Morgan fingerprint density at radius 3 is 2.32 bits per heavy atom. The summed E-state index contributed by atoms with van der Waals surface area (Å²) in [6.45, 7) is -0.374. The highest BCUT2D eigenvalue weighted by Crippen LogP contribution is 2.36. The smallest absolute Gasteiger partial charge is 0.417 e. The molecule has 4 aromatic rings. The van der Waals surface area contributed by atoms with Gasteiger partial charge in [0.2, 0.25) is 0 Å². The fourth-order valence-corrected chi connectivity index (χ4v) is 3.94. The third-order valence-electron chi connectivity index (χ3n) is 5.53. The van der Waals surface area contributed by atoms with Crippen molar-refractivity contribution in [2.75, 3.05) is 0 Å². The fourth-order valence-electron chi connectivity index (χ4n) is 3.71. The number of benzene rings is 3. The zero-order valence-electron chi connectivity index (χ0n) is 18.8. The maximum atomic E-state index is 14.4. The highest BCUT2D eigenvalue weighted by molar-refractivity contribution is 6.32. The van der Waals surface area contributed by atoms with Gasteiger partial charge >= 0.3 is 6.18 Å². The first kappa shape index (κ1) is 25.9. The van der Waals surface area contributed by atoms with Crippen molar-refractivity contribution in [3.8, 4) is 23.1 Å². The van der Waals surface area contributed by atoms with Crippen molar-refractivity contribution < 1.29 is 26.7 Å². The van der Waals surface area contributed by atoms with Gasteiger partial charge in [-0.05, 0) is 35.9 Å². The van der Waals surface area contributed by atoms with E-state index in [1.54, 1.807) is 0 Å². The molecule has 1 heterocycles. The summed E-state index contributed by atoms with van der Waals surface area (Å²) >= 11 is 6.34. The normalized spacial score (nSPS) is 11.3. The van der Waals surface area contributed by atoms with E-state index in [1.807, 2.05) is 30.3 Å². The molecular formula is C27H16ClF5N2O2. The summed E-state index contributed by atoms with van der Waals surface area (Å²) in [5.41, 5.74) is -3.35. The SMILES string of the molecule is N#Cc1c(C(F)(F)F)cc(-c2ccc(OCc3ccccc3)c(Cl)c2)n(Cc2ccc(F)cc2F)c1=O. The second kappa shape index (κ2) is 10.4. The van der Waals surface area contributed by atoms with Gasteiger partial charge < -0.3 is 9.30 Å². The first-order valence-electron chi connectivity index (χ1n) is 10.7. The number of nitriles is 1. The monoisotopic (exact) mass is 530 g/mol. The van der Waals surface area contributed by atoms with Crippen LogP contribution in [0.5, 0.6) is 5.75 Å². The van der Waals surface area contributed by atoms with Crippen molar-refractivity contribution in [2.45, 2.75) is 19.3 Å². The number of hydrogen-bond donors (Lipinski definition) is 0. The van der Waals surface area contributed by atoms with Crippen LogP contribution in [0.1, 0.15) is 22.3 Å². The Balaban J connectivity index is 1.82. The van der Waals surface area contributed by atoms with Crippen molar-refractivity contribution in [3.63, 3.8) is 0 Å². The lowest BCUT2D eigenvalue weighted by atomic mass is 10.0. The van der Waals surface area contributed by atoms with Crippen LogP contribution in [0.25, 0.3) is 11.3 Å². The van der Waals surface area contributed by atoms with Crippen LogP contribution in [0, 0.1) is 23.0 Å². The summed E-state index contributed by atoms with van der Waals surface area (Å²) in [6, 6.07) is 17.9. The molecule has 0 saturated carbocycles. The lowest BCUT2D eigenvalue weighted by Gasteiger charge is -2.18. The third kappa shape index (κ3) is 5.65. The van der Waals surface area contributed by atoms with Crippen molar-refractivity contribution in [2.24, 2.45) is 0 Å². The van der Waals surface area contributed by atoms with Crippen molar-refractivity contribution >= 4 is 11.6 Å². The van der Waals surface area contributed by atoms with Crippen molar-refractivity contribution in [3.05, 3.63) is 122 Å². The van der Waals surface area contributed by atoms with Gasteiger partial charge in [0.15, 0.2) is 0 Å². The predicted octanol–water partition coefficient (Wildman–Crippen LogP) is 6.96. The molecule has 0 atom stereocenters. The number of pyridine rings is 1. The standard InChI is InChI=1S/C27H16ClF5N2O2/c28-22-10-17(7-9-25(22)37-15-16-4-2-1-3-5-16)24-12-21(27(31,32)33)20(13-34)26(36)35(24)14-18-6-8-19(29)11-23(18)30/h1-12H,14-15H2. The first-order chi connectivity index (χ1) is 17.6. The van der Waals surface area contributed by atoms with Crippen molar-refractivity contribution in [1.29, 1.82) is 5.26 Å². The summed E-state index contributed by atoms with van der Waals surface area (Å²) in [6.07, 6.45) is -5.01. The van der Waals surface area contributed by atoms with Crippen LogP contribution in [0.4, 0.5) is 22.0 Å². The van der Waals surface area contributed by atoms with Crippen LogP contribution in [-0.4, -0.2) is 4.57 Å². The second-order valence-electron chi connectivity index (χ2n) is 7.97. The van der Waals surface area contributed by atoms with Crippen LogP contribution in [0.15, 0.2) is 77.6 Å². The molecule has 10 heteroatoms. The summed E-state index contributed by atoms with van der Waals surface area (Å²) in [7, 11) is 0. The molecule has 4 nitrogen and oxygen atoms in total. The van der Waals surface area contributed by atoms with E-state index in [1.165, 1.54) is 24.3 Å². The summed E-state index contributed by atoms with van der Waals surface area (Å²) in [4.78, 5) is 13.0. The molecule has 188 valence electrons. The third-order valence-corrected chi connectivity index (χ3v) is 5.82. The number of aromatic nitrogens is 1. The van der Waals surface area contributed by atoms with E-state index < -0.39 is 41.0 Å². The minimum Gasteiger partial charge on any atom is -0.487 e. The molecule has 3 aromatic carbocycles. The number of rotatable bonds is 6. The molecule has 0 radical (unpaired) electrons. The summed E-state index contributed by atoms with van der Waals surface area (Å²) in [5, 5.41) is 9.37. The van der Waals surface area contributed by atoms with E-state index in [4.69, 9.17) is 16.3 Å². The molecule has 4 rings (SSSR count). The zero-order chi connectivity index (χ0) is 26.7.